The minimum absolute atomic E-state index is 0.129. The summed E-state index contributed by atoms with van der Waals surface area (Å²) in [6.07, 6.45) is 5.79. The second-order valence-electron chi connectivity index (χ2n) is 11.8. The van der Waals surface area contributed by atoms with E-state index in [0.717, 1.165) is 19.3 Å². The fourth-order valence-corrected chi connectivity index (χ4v) is 10.2. The highest BCUT2D eigenvalue weighted by Crippen LogP contribution is 2.84. The first kappa shape index (κ1) is 17.5. The van der Waals surface area contributed by atoms with Crippen LogP contribution in [0.1, 0.15) is 59.3 Å². The Balaban J connectivity index is 1.33. The van der Waals surface area contributed by atoms with Gasteiger partial charge in [-0.05, 0) is 68.6 Å². The second kappa shape index (κ2) is 4.67. The molecule has 5 saturated carbocycles. The molecule has 5 aliphatic carbocycles. The lowest BCUT2D eigenvalue weighted by Crippen LogP contribution is -2.66. The van der Waals surface area contributed by atoms with Crippen LogP contribution in [0.4, 0.5) is 0 Å². The Kier molecular flexibility index (Phi) is 2.92. The van der Waals surface area contributed by atoms with Crippen LogP contribution in [0.15, 0.2) is 0 Å². The van der Waals surface area contributed by atoms with Crippen molar-refractivity contribution in [1.29, 1.82) is 0 Å². The van der Waals surface area contributed by atoms with Crippen molar-refractivity contribution in [1.82, 2.24) is 0 Å². The van der Waals surface area contributed by atoms with Gasteiger partial charge in [-0.2, -0.15) is 0 Å². The predicted octanol–water partition coefficient (Wildman–Crippen LogP) is 2.48. The zero-order valence-electron chi connectivity index (χ0n) is 17.3. The number of ether oxygens (including phenoxy) is 3. The van der Waals surface area contributed by atoms with Crippen LogP contribution in [-0.4, -0.2) is 53.1 Å². The van der Waals surface area contributed by atoms with Crippen LogP contribution in [0.25, 0.3) is 0 Å². The normalized spacial score (nSPS) is 67.8. The van der Waals surface area contributed by atoms with E-state index in [1.54, 1.807) is 0 Å². The molecule has 7 rings (SSSR count). The minimum Gasteiger partial charge on any atom is -0.393 e. The van der Waals surface area contributed by atoms with Gasteiger partial charge in [-0.15, -0.1) is 0 Å². The third-order valence-corrected chi connectivity index (χ3v) is 11.6. The quantitative estimate of drug-likeness (QED) is 0.673. The van der Waals surface area contributed by atoms with Crippen LogP contribution in [0.3, 0.4) is 0 Å². The smallest absolute Gasteiger partial charge is 0.169 e. The molecule has 0 aromatic carbocycles. The van der Waals surface area contributed by atoms with Crippen molar-refractivity contribution in [2.45, 2.75) is 89.0 Å². The lowest BCUT2D eigenvalue weighted by molar-refractivity contribution is -0.263. The van der Waals surface area contributed by atoms with Crippen molar-refractivity contribution in [2.24, 2.45) is 39.9 Å². The Bertz CT molecular complexity index is 749. The van der Waals surface area contributed by atoms with Crippen LogP contribution in [0, 0.1) is 39.9 Å². The summed E-state index contributed by atoms with van der Waals surface area (Å²) in [6, 6.07) is 0. The van der Waals surface area contributed by atoms with Crippen molar-refractivity contribution >= 4 is 0 Å². The molecule has 28 heavy (non-hydrogen) atoms. The van der Waals surface area contributed by atoms with Gasteiger partial charge in [0.1, 0.15) is 5.60 Å². The van der Waals surface area contributed by atoms with Crippen molar-refractivity contribution in [3.05, 3.63) is 0 Å². The summed E-state index contributed by atoms with van der Waals surface area (Å²) in [6.45, 7) is 7.98. The van der Waals surface area contributed by atoms with Crippen LogP contribution >= 0.6 is 0 Å². The van der Waals surface area contributed by atoms with Crippen LogP contribution in [0.2, 0.25) is 0 Å². The molecule has 156 valence electrons. The van der Waals surface area contributed by atoms with Crippen molar-refractivity contribution in [2.75, 3.05) is 13.2 Å². The van der Waals surface area contributed by atoms with Crippen LogP contribution in [-0.2, 0) is 14.2 Å². The highest BCUT2D eigenvalue weighted by Gasteiger charge is 2.87. The summed E-state index contributed by atoms with van der Waals surface area (Å²) in [5.41, 5.74) is -0.406. The molecule has 0 unspecified atom stereocenters. The molecular formula is C23H34O5. The number of aliphatic hydroxyl groups excluding tert-OH is 2. The van der Waals surface area contributed by atoms with E-state index in [4.69, 9.17) is 14.2 Å². The first-order valence-electron chi connectivity index (χ1n) is 11.6. The molecule has 0 radical (unpaired) electrons. The number of rotatable bonds is 1. The summed E-state index contributed by atoms with van der Waals surface area (Å²) < 4.78 is 18.7. The number of aliphatic hydroxyl groups is 2. The van der Waals surface area contributed by atoms with E-state index in [-0.39, 0.29) is 40.0 Å². The Morgan fingerprint density at radius 3 is 2.32 bits per heavy atom. The Labute approximate surface area is 167 Å². The predicted molar refractivity (Wildman–Crippen MR) is 100 cm³/mol. The van der Waals surface area contributed by atoms with E-state index >= 15 is 0 Å². The highest BCUT2D eigenvalue weighted by atomic mass is 16.7. The van der Waals surface area contributed by atoms with Crippen molar-refractivity contribution in [3.63, 3.8) is 0 Å². The standard InChI is InChI=1S/C23H34O5/c1-19-5-4-12-11-22(12,19)17(25)9-14-13(19)8-16(24)20(2)15(10-18-23(14,20)28-18)21(3)26-6-7-27-21/h12-18,24-25H,4-11H2,1-3H3/t12-,13-,14+,15-,16+,17+,18+,19+,20-,22-,23+/m0/s1. The minimum atomic E-state index is -0.625. The molecule has 2 saturated heterocycles. The molecule has 2 spiro atoms. The number of epoxide rings is 1. The van der Waals surface area contributed by atoms with Gasteiger partial charge in [0.2, 0.25) is 0 Å². The molecule has 5 heteroatoms. The van der Waals surface area contributed by atoms with Gasteiger partial charge >= 0.3 is 0 Å². The molecule has 7 fully saturated rings. The molecule has 11 atom stereocenters. The molecular weight excluding hydrogens is 356 g/mol. The van der Waals surface area contributed by atoms with Gasteiger partial charge in [-0.3, -0.25) is 0 Å². The average molecular weight is 391 g/mol. The molecule has 0 bridgehead atoms. The topological polar surface area (TPSA) is 71.5 Å². The van der Waals surface area contributed by atoms with E-state index < -0.39 is 11.9 Å². The highest BCUT2D eigenvalue weighted by molar-refractivity contribution is 5.35. The molecule has 0 aromatic rings. The summed E-state index contributed by atoms with van der Waals surface area (Å²) in [7, 11) is 0. The van der Waals surface area contributed by atoms with Gasteiger partial charge in [0.05, 0.1) is 31.5 Å². The molecule has 2 N–H and O–H groups in total. The van der Waals surface area contributed by atoms with Gasteiger partial charge in [-0.1, -0.05) is 13.8 Å². The van der Waals surface area contributed by atoms with E-state index in [1.807, 2.05) is 0 Å². The number of hydrogen-bond acceptors (Lipinski definition) is 5. The third kappa shape index (κ3) is 1.50. The summed E-state index contributed by atoms with van der Waals surface area (Å²) in [4.78, 5) is 0. The number of hydrogen-bond donors (Lipinski definition) is 2. The first-order chi connectivity index (χ1) is 13.2. The summed E-state index contributed by atoms with van der Waals surface area (Å²) >= 11 is 0. The van der Waals surface area contributed by atoms with Crippen molar-refractivity contribution in [3.8, 4) is 0 Å². The van der Waals surface area contributed by atoms with Crippen molar-refractivity contribution < 1.29 is 24.4 Å². The monoisotopic (exact) mass is 390 g/mol. The Hall–Kier alpha value is -0.200. The van der Waals surface area contributed by atoms with Gasteiger partial charge in [-0.25, -0.2) is 0 Å². The first-order valence-corrected chi connectivity index (χ1v) is 11.6. The fourth-order valence-electron chi connectivity index (χ4n) is 10.2. The molecule has 2 aliphatic heterocycles. The molecule has 2 heterocycles. The maximum Gasteiger partial charge on any atom is 0.169 e. The SMILES string of the molecule is CC1([C@H]2C[C@H]3O[C@]34[C@@H]3C[C@@H](O)[C@]56C[C@@H]5CC[C@]6(C)[C@H]3C[C@@H](O)[C@]24C)OCCO1. The Morgan fingerprint density at radius 2 is 1.61 bits per heavy atom. The van der Waals surface area contributed by atoms with Crippen LogP contribution < -0.4 is 0 Å². The van der Waals surface area contributed by atoms with E-state index in [0.29, 0.717) is 31.0 Å². The van der Waals surface area contributed by atoms with Gasteiger partial charge in [0.15, 0.2) is 5.79 Å². The third-order valence-electron chi connectivity index (χ3n) is 11.6. The van der Waals surface area contributed by atoms with Crippen LogP contribution in [0.5, 0.6) is 0 Å². The zero-order chi connectivity index (χ0) is 19.3. The second-order valence-corrected chi connectivity index (χ2v) is 11.8. The maximum atomic E-state index is 11.7. The van der Waals surface area contributed by atoms with E-state index in [2.05, 4.69) is 20.8 Å². The maximum absolute atomic E-state index is 11.7. The Morgan fingerprint density at radius 1 is 0.893 bits per heavy atom. The lowest BCUT2D eigenvalue weighted by Gasteiger charge is -2.62. The largest absolute Gasteiger partial charge is 0.393 e. The molecule has 7 aliphatic rings. The van der Waals surface area contributed by atoms with E-state index in [1.165, 1.54) is 19.3 Å². The van der Waals surface area contributed by atoms with Gasteiger partial charge in [0.25, 0.3) is 0 Å². The van der Waals surface area contributed by atoms with E-state index in [9.17, 15) is 10.2 Å². The number of fused-ring (bicyclic) bond motifs is 2. The summed E-state index contributed by atoms with van der Waals surface area (Å²) in [5.74, 6) is 1.01. The fraction of sp³-hybridized carbons (Fsp3) is 1.00. The molecule has 0 aromatic heterocycles. The molecule has 0 amide bonds. The summed E-state index contributed by atoms with van der Waals surface area (Å²) in [5, 5.41) is 23.0. The van der Waals surface area contributed by atoms with Gasteiger partial charge < -0.3 is 24.4 Å². The lowest BCUT2D eigenvalue weighted by atomic mass is 9.44. The average Bonchev–Trinajstić information content (AvgIpc) is 3.45. The zero-order valence-corrected chi connectivity index (χ0v) is 17.3. The molecule has 5 nitrogen and oxygen atoms in total. The van der Waals surface area contributed by atoms with Gasteiger partial charge in [0, 0.05) is 16.7 Å².